The first-order valence-corrected chi connectivity index (χ1v) is 9.93. The summed E-state index contributed by atoms with van der Waals surface area (Å²) in [6.45, 7) is 4.81. The summed E-state index contributed by atoms with van der Waals surface area (Å²) in [5.41, 5.74) is 3.35. The number of amides is 1. The van der Waals surface area contributed by atoms with Crippen LogP contribution in [0.1, 0.15) is 45.3 Å². The fraction of sp³-hybridized carbons (Fsp3) is 0.304. The van der Waals surface area contributed by atoms with E-state index in [4.69, 9.17) is 20.8 Å². The third-order valence-corrected chi connectivity index (χ3v) is 5.60. The number of methoxy groups -OCH3 is 1. The maximum atomic E-state index is 13.5. The molecule has 1 amide bonds. The SMILES string of the molecule is COCCCN1C(=O)c2oc3cc(C)cc(C)c3c(=O)c2[C@@H]1c1ccc(Cl)cc1. The molecule has 4 rings (SSSR count). The fourth-order valence-corrected chi connectivity index (χ4v) is 4.24. The summed E-state index contributed by atoms with van der Waals surface area (Å²) in [5.74, 6) is -0.140. The highest BCUT2D eigenvalue weighted by molar-refractivity contribution is 6.30. The van der Waals surface area contributed by atoms with Crippen LogP contribution >= 0.6 is 11.6 Å². The third-order valence-electron chi connectivity index (χ3n) is 5.35. The highest BCUT2D eigenvalue weighted by Crippen LogP contribution is 2.39. The molecule has 0 bridgehead atoms. The van der Waals surface area contributed by atoms with E-state index in [0.29, 0.717) is 41.1 Å². The van der Waals surface area contributed by atoms with Crippen molar-refractivity contribution in [1.29, 1.82) is 0 Å². The number of ether oxygens (including phenoxy) is 1. The first-order valence-electron chi connectivity index (χ1n) is 9.55. The summed E-state index contributed by atoms with van der Waals surface area (Å²) in [4.78, 5) is 28.5. The van der Waals surface area contributed by atoms with Crippen molar-refractivity contribution in [2.45, 2.75) is 26.3 Å². The Morgan fingerprint density at radius 3 is 2.55 bits per heavy atom. The van der Waals surface area contributed by atoms with Gasteiger partial charge in [0, 0.05) is 25.3 Å². The van der Waals surface area contributed by atoms with Crippen molar-refractivity contribution in [2.24, 2.45) is 0 Å². The van der Waals surface area contributed by atoms with Crippen molar-refractivity contribution in [3.8, 4) is 0 Å². The average molecular weight is 412 g/mol. The number of halogens is 1. The Morgan fingerprint density at radius 1 is 1.14 bits per heavy atom. The summed E-state index contributed by atoms with van der Waals surface area (Å²) in [7, 11) is 1.63. The smallest absolute Gasteiger partial charge is 0.290 e. The summed E-state index contributed by atoms with van der Waals surface area (Å²) in [5, 5.41) is 1.13. The zero-order valence-corrected chi connectivity index (χ0v) is 17.4. The molecule has 2 aromatic carbocycles. The highest BCUT2D eigenvalue weighted by atomic mass is 35.5. The molecular formula is C23H22ClNO4. The van der Waals surface area contributed by atoms with Gasteiger partial charge in [-0.2, -0.15) is 0 Å². The average Bonchev–Trinajstić information content (AvgIpc) is 2.95. The second kappa shape index (κ2) is 7.65. The molecule has 29 heavy (non-hydrogen) atoms. The van der Waals surface area contributed by atoms with E-state index in [1.165, 1.54) is 0 Å². The number of aryl methyl sites for hydroxylation is 2. The van der Waals surface area contributed by atoms with Crippen molar-refractivity contribution in [3.63, 3.8) is 0 Å². The van der Waals surface area contributed by atoms with E-state index in [2.05, 4.69) is 0 Å². The van der Waals surface area contributed by atoms with Gasteiger partial charge in [0.2, 0.25) is 5.76 Å². The number of carbonyl (C=O) groups excluding carboxylic acids is 1. The van der Waals surface area contributed by atoms with Gasteiger partial charge < -0.3 is 14.1 Å². The van der Waals surface area contributed by atoms with Gasteiger partial charge in [0.05, 0.1) is 17.0 Å². The van der Waals surface area contributed by atoms with Gasteiger partial charge in [-0.25, -0.2) is 0 Å². The van der Waals surface area contributed by atoms with Crippen LogP contribution in [0.2, 0.25) is 5.02 Å². The van der Waals surface area contributed by atoms with Crippen molar-refractivity contribution >= 4 is 28.5 Å². The maximum Gasteiger partial charge on any atom is 0.290 e. The molecule has 0 fully saturated rings. The lowest BCUT2D eigenvalue weighted by atomic mass is 9.97. The number of nitrogens with zero attached hydrogens (tertiary/aromatic N) is 1. The zero-order chi connectivity index (χ0) is 20.7. The van der Waals surface area contributed by atoms with E-state index < -0.39 is 6.04 Å². The van der Waals surface area contributed by atoms with Gasteiger partial charge in [-0.15, -0.1) is 0 Å². The Kier molecular flexibility index (Phi) is 5.19. The normalized spacial score (nSPS) is 15.9. The molecule has 1 aromatic heterocycles. The van der Waals surface area contributed by atoms with Crippen LogP contribution in [0.15, 0.2) is 45.6 Å². The van der Waals surface area contributed by atoms with Gasteiger partial charge in [0.1, 0.15) is 5.58 Å². The number of benzene rings is 2. The van der Waals surface area contributed by atoms with Crippen LogP contribution in [0.5, 0.6) is 0 Å². The van der Waals surface area contributed by atoms with Gasteiger partial charge in [0.15, 0.2) is 5.43 Å². The molecule has 150 valence electrons. The molecule has 0 N–H and O–H groups in total. The van der Waals surface area contributed by atoms with Crippen molar-refractivity contribution < 1.29 is 13.9 Å². The largest absolute Gasteiger partial charge is 0.450 e. The molecule has 0 unspecified atom stereocenters. The van der Waals surface area contributed by atoms with Crippen LogP contribution in [-0.4, -0.2) is 31.1 Å². The zero-order valence-electron chi connectivity index (χ0n) is 16.6. The van der Waals surface area contributed by atoms with Gasteiger partial charge in [-0.1, -0.05) is 29.8 Å². The van der Waals surface area contributed by atoms with E-state index in [1.807, 2.05) is 38.1 Å². The minimum absolute atomic E-state index is 0.130. The van der Waals surface area contributed by atoms with Gasteiger partial charge in [-0.05, 0) is 55.2 Å². The maximum absolute atomic E-state index is 13.5. The summed E-state index contributed by atoms with van der Waals surface area (Å²) < 4.78 is 11.2. The Bertz CT molecular complexity index is 1150. The molecule has 0 spiro atoms. The standard InChI is InChI=1S/C23H22ClNO4/c1-13-11-14(2)18-17(12-13)29-22-19(21(18)26)20(15-5-7-16(24)8-6-15)25(23(22)27)9-4-10-28-3/h5-8,11-12,20H,4,9-10H2,1-3H3/t20-/m0/s1. The predicted octanol–water partition coefficient (Wildman–Crippen LogP) is 4.64. The molecule has 0 radical (unpaired) electrons. The summed E-state index contributed by atoms with van der Waals surface area (Å²) in [6.07, 6.45) is 0.659. The molecule has 5 nitrogen and oxygen atoms in total. The first kappa shape index (κ1) is 19.7. The molecule has 1 aliphatic heterocycles. The van der Waals surface area contributed by atoms with Crippen LogP contribution in [-0.2, 0) is 4.74 Å². The summed E-state index contributed by atoms with van der Waals surface area (Å²) >= 11 is 6.05. The first-order chi connectivity index (χ1) is 13.9. The van der Waals surface area contributed by atoms with Crippen molar-refractivity contribution in [2.75, 3.05) is 20.3 Å². The number of hydrogen-bond donors (Lipinski definition) is 0. The fourth-order valence-electron chi connectivity index (χ4n) is 4.12. The lowest BCUT2D eigenvalue weighted by Crippen LogP contribution is -2.31. The second-order valence-electron chi connectivity index (χ2n) is 7.43. The molecule has 0 aliphatic carbocycles. The van der Waals surface area contributed by atoms with E-state index in [1.54, 1.807) is 24.1 Å². The van der Waals surface area contributed by atoms with Crippen molar-refractivity contribution in [1.82, 2.24) is 4.90 Å². The lowest BCUT2D eigenvalue weighted by molar-refractivity contribution is 0.0708. The Hall–Kier alpha value is -2.63. The molecule has 0 saturated carbocycles. The van der Waals surface area contributed by atoms with Gasteiger partial charge >= 0.3 is 0 Å². The summed E-state index contributed by atoms with van der Waals surface area (Å²) in [6, 6.07) is 10.5. The Labute approximate surface area is 173 Å². The van der Waals surface area contributed by atoms with Crippen LogP contribution in [0.4, 0.5) is 0 Å². The molecule has 3 aromatic rings. The van der Waals surface area contributed by atoms with Crippen LogP contribution in [0, 0.1) is 13.8 Å². The minimum Gasteiger partial charge on any atom is -0.450 e. The number of rotatable bonds is 5. The van der Waals surface area contributed by atoms with E-state index in [9.17, 15) is 9.59 Å². The van der Waals surface area contributed by atoms with E-state index in [0.717, 1.165) is 16.7 Å². The van der Waals surface area contributed by atoms with Crippen LogP contribution in [0.25, 0.3) is 11.0 Å². The Balaban J connectivity index is 1.95. The number of fused-ring (bicyclic) bond motifs is 2. The topological polar surface area (TPSA) is 59.8 Å². The predicted molar refractivity (Wildman–Crippen MR) is 113 cm³/mol. The molecule has 2 heterocycles. The molecule has 1 atom stereocenters. The van der Waals surface area contributed by atoms with E-state index in [-0.39, 0.29) is 17.1 Å². The monoisotopic (exact) mass is 411 g/mol. The molecular weight excluding hydrogens is 390 g/mol. The number of hydrogen-bond acceptors (Lipinski definition) is 4. The quantitative estimate of drug-likeness (QED) is 0.573. The van der Waals surface area contributed by atoms with E-state index >= 15 is 0 Å². The van der Waals surface area contributed by atoms with Crippen molar-refractivity contribution in [3.05, 3.63) is 79.7 Å². The number of carbonyl (C=O) groups is 1. The second-order valence-corrected chi connectivity index (χ2v) is 7.86. The molecule has 6 heteroatoms. The van der Waals surface area contributed by atoms with Gasteiger partial charge in [0.25, 0.3) is 5.91 Å². The van der Waals surface area contributed by atoms with Crippen LogP contribution in [0.3, 0.4) is 0 Å². The minimum atomic E-state index is -0.507. The Morgan fingerprint density at radius 2 is 1.86 bits per heavy atom. The molecule has 1 aliphatic rings. The van der Waals surface area contributed by atoms with Gasteiger partial charge in [-0.3, -0.25) is 9.59 Å². The molecule has 0 saturated heterocycles. The highest BCUT2D eigenvalue weighted by Gasteiger charge is 2.42. The van der Waals surface area contributed by atoms with Crippen LogP contribution < -0.4 is 5.43 Å². The third kappa shape index (κ3) is 3.34. The lowest BCUT2D eigenvalue weighted by Gasteiger charge is -2.25.